The van der Waals surface area contributed by atoms with Crippen LogP contribution in [-0.2, 0) is 13.3 Å². The molecule has 1 aromatic carbocycles. The van der Waals surface area contributed by atoms with Crippen molar-refractivity contribution in [2.24, 2.45) is 0 Å². The zero-order valence-corrected chi connectivity index (χ0v) is 13.3. The van der Waals surface area contributed by atoms with Crippen molar-refractivity contribution < 1.29 is 13.3 Å². The molecule has 0 heterocycles. The van der Waals surface area contributed by atoms with Gasteiger partial charge in [-0.25, -0.2) is 0 Å². The summed E-state index contributed by atoms with van der Waals surface area (Å²) >= 11 is 6.04. The van der Waals surface area contributed by atoms with E-state index < -0.39 is 8.80 Å². The maximum Gasteiger partial charge on any atom is 0.507 e. The molecule has 0 aromatic heterocycles. The molecule has 1 aromatic rings. The van der Waals surface area contributed by atoms with Gasteiger partial charge in [0.15, 0.2) is 0 Å². The number of alkyl halides is 1. The molecule has 0 aliphatic heterocycles. The van der Waals surface area contributed by atoms with Gasteiger partial charge in [0.25, 0.3) is 0 Å². The van der Waals surface area contributed by atoms with Crippen LogP contribution in [0.1, 0.15) is 35.9 Å². The minimum Gasteiger partial charge on any atom is -0.376 e. The zero-order valence-electron chi connectivity index (χ0n) is 11.6. The van der Waals surface area contributed by atoms with Crippen LogP contribution in [0.4, 0.5) is 0 Å². The molecule has 18 heavy (non-hydrogen) atoms. The zero-order chi connectivity index (χ0) is 13.8. The van der Waals surface area contributed by atoms with E-state index in [-0.39, 0.29) is 10.9 Å². The Morgan fingerprint density at radius 2 is 1.28 bits per heavy atom. The second-order valence-corrected chi connectivity index (χ2v) is 8.17. The van der Waals surface area contributed by atoms with Gasteiger partial charge in [-0.2, -0.15) is 0 Å². The Balaban J connectivity index is 2.98. The normalized spacial score (nSPS) is 15.4. The van der Waals surface area contributed by atoms with Gasteiger partial charge in [0.05, 0.1) is 10.9 Å². The summed E-state index contributed by atoms with van der Waals surface area (Å²) in [7, 11) is 2.25. The van der Waals surface area contributed by atoms with Gasteiger partial charge in [-0.1, -0.05) is 31.2 Å². The third-order valence-corrected chi connectivity index (χ3v) is 6.63. The molecule has 5 heteroatoms. The first-order chi connectivity index (χ1) is 8.50. The second kappa shape index (κ2) is 6.68. The van der Waals surface area contributed by atoms with E-state index in [9.17, 15) is 0 Å². The van der Waals surface area contributed by atoms with Crippen molar-refractivity contribution in [1.82, 2.24) is 0 Å². The lowest BCUT2D eigenvalue weighted by Gasteiger charge is -2.30. The molecule has 0 N–H and O–H groups in total. The van der Waals surface area contributed by atoms with E-state index in [0.717, 1.165) is 11.1 Å². The average molecular weight is 289 g/mol. The van der Waals surface area contributed by atoms with Gasteiger partial charge < -0.3 is 13.3 Å². The minimum absolute atomic E-state index is 0.0173. The first-order valence-corrected chi connectivity index (χ1v) is 8.14. The van der Waals surface area contributed by atoms with Crippen LogP contribution in [0.3, 0.4) is 0 Å². The van der Waals surface area contributed by atoms with Crippen LogP contribution < -0.4 is 0 Å². The van der Waals surface area contributed by atoms with Gasteiger partial charge in [-0.05, 0) is 18.1 Å². The number of halogens is 1. The molecule has 0 aliphatic carbocycles. The smallest absolute Gasteiger partial charge is 0.376 e. The van der Waals surface area contributed by atoms with Gasteiger partial charge in [-0.15, -0.1) is 11.6 Å². The molecular weight excluding hydrogens is 268 g/mol. The highest BCUT2D eigenvalue weighted by atomic mass is 35.5. The molecule has 0 saturated carbocycles. The fourth-order valence-corrected chi connectivity index (χ4v) is 4.34. The Bertz CT molecular complexity index is 355. The Hall–Kier alpha value is -0.393. The lowest BCUT2D eigenvalue weighted by Crippen LogP contribution is -2.48. The fourth-order valence-electron chi connectivity index (χ4n) is 2.03. The standard InChI is InChI=1S/C13H21ClO3Si/c1-10(14)12-6-8-13(9-7-12)11(2)18(15-3,16-4)17-5/h6-11H,1-5H3. The molecule has 1 rings (SSSR count). The monoisotopic (exact) mass is 288 g/mol. The molecule has 2 atom stereocenters. The Labute approximate surface area is 115 Å². The third kappa shape index (κ3) is 3.13. The fraction of sp³-hybridized carbons (Fsp3) is 0.538. The van der Waals surface area contributed by atoms with Crippen molar-refractivity contribution in [2.75, 3.05) is 21.3 Å². The summed E-state index contributed by atoms with van der Waals surface area (Å²) in [5.74, 6) is 0. The van der Waals surface area contributed by atoms with Crippen molar-refractivity contribution in [3.8, 4) is 0 Å². The van der Waals surface area contributed by atoms with Crippen molar-refractivity contribution in [1.29, 1.82) is 0 Å². The molecule has 0 amide bonds. The van der Waals surface area contributed by atoms with Gasteiger partial charge >= 0.3 is 8.80 Å². The molecule has 2 unspecified atom stereocenters. The summed E-state index contributed by atoms with van der Waals surface area (Å²) < 4.78 is 16.5. The second-order valence-electron chi connectivity index (χ2n) is 4.22. The topological polar surface area (TPSA) is 27.7 Å². The van der Waals surface area contributed by atoms with Crippen molar-refractivity contribution in [3.05, 3.63) is 35.4 Å². The summed E-state index contributed by atoms with van der Waals surface area (Å²) in [4.78, 5) is 0. The van der Waals surface area contributed by atoms with Crippen LogP contribution in [0, 0.1) is 0 Å². The van der Waals surface area contributed by atoms with Crippen LogP contribution in [0.2, 0.25) is 0 Å². The summed E-state index contributed by atoms with van der Waals surface area (Å²) in [5, 5.41) is 0.0173. The Morgan fingerprint density at radius 3 is 1.61 bits per heavy atom. The van der Waals surface area contributed by atoms with Crippen LogP contribution in [-0.4, -0.2) is 30.1 Å². The van der Waals surface area contributed by atoms with E-state index in [1.807, 2.05) is 19.1 Å². The van der Waals surface area contributed by atoms with Crippen molar-refractivity contribution in [3.63, 3.8) is 0 Å². The van der Waals surface area contributed by atoms with Gasteiger partial charge in [0.2, 0.25) is 0 Å². The Morgan fingerprint density at radius 1 is 0.889 bits per heavy atom. The molecule has 3 nitrogen and oxygen atoms in total. The molecule has 0 aliphatic rings. The summed E-state index contributed by atoms with van der Waals surface area (Å²) in [6.07, 6.45) is 0. The quantitative estimate of drug-likeness (QED) is 0.592. The van der Waals surface area contributed by atoms with Gasteiger partial charge in [0, 0.05) is 21.3 Å². The van der Waals surface area contributed by atoms with E-state index in [1.54, 1.807) is 21.3 Å². The highest BCUT2D eigenvalue weighted by molar-refractivity contribution is 6.62. The molecular formula is C13H21ClO3Si. The molecule has 0 saturated heterocycles. The largest absolute Gasteiger partial charge is 0.507 e. The third-order valence-electron chi connectivity index (χ3n) is 3.28. The molecule has 0 radical (unpaired) electrons. The van der Waals surface area contributed by atoms with E-state index in [2.05, 4.69) is 19.1 Å². The van der Waals surface area contributed by atoms with Gasteiger partial charge in [-0.3, -0.25) is 0 Å². The maximum absolute atomic E-state index is 6.04. The van der Waals surface area contributed by atoms with Crippen LogP contribution in [0.15, 0.2) is 24.3 Å². The van der Waals surface area contributed by atoms with Crippen LogP contribution >= 0.6 is 11.6 Å². The van der Waals surface area contributed by atoms with E-state index in [1.165, 1.54) is 0 Å². The van der Waals surface area contributed by atoms with Crippen LogP contribution in [0.25, 0.3) is 0 Å². The molecule has 102 valence electrons. The first kappa shape index (κ1) is 15.7. The summed E-state index contributed by atoms with van der Waals surface area (Å²) in [5.41, 5.74) is 2.32. The van der Waals surface area contributed by atoms with Gasteiger partial charge in [0.1, 0.15) is 0 Å². The van der Waals surface area contributed by atoms with Crippen molar-refractivity contribution in [2.45, 2.75) is 24.8 Å². The predicted molar refractivity (Wildman–Crippen MR) is 75.9 cm³/mol. The molecule has 0 fully saturated rings. The van der Waals surface area contributed by atoms with Crippen LogP contribution in [0.5, 0.6) is 0 Å². The number of benzene rings is 1. The lowest BCUT2D eigenvalue weighted by atomic mass is 10.1. The van der Waals surface area contributed by atoms with E-state index >= 15 is 0 Å². The SMILES string of the molecule is CO[Si](OC)(OC)C(C)c1ccc(C(C)Cl)cc1. The summed E-state index contributed by atoms with van der Waals surface area (Å²) in [6, 6.07) is 8.17. The minimum atomic E-state index is -2.64. The number of hydrogen-bond acceptors (Lipinski definition) is 3. The molecule has 0 bridgehead atoms. The maximum atomic E-state index is 6.04. The number of rotatable bonds is 6. The highest BCUT2D eigenvalue weighted by Gasteiger charge is 2.45. The predicted octanol–water partition coefficient (Wildman–Crippen LogP) is 3.51. The average Bonchev–Trinajstić information content (AvgIpc) is 2.41. The summed E-state index contributed by atoms with van der Waals surface area (Å²) in [6.45, 7) is 4.01. The molecule has 0 spiro atoms. The lowest BCUT2D eigenvalue weighted by molar-refractivity contribution is 0.114. The highest BCUT2D eigenvalue weighted by Crippen LogP contribution is 2.29. The van der Waals surface area contributed by atoms with E-state index in [0.29, 0.717) is 0 Å². The Kier molecular flexibility index (Phi) is 5.81. The van der Waals surface area contributed by atoms with Crippen molar-refractivity contribution >= 4 is 20.4 Å². The number of hydrogen-bond donors (Lipinski definition) is 0. The van der Waals surface area contributed by atoms with E-state index in [4.69, 9.17) is 24.9 Å². The first-order valence-electron chi connectivity index (χ1n) is 5.90.